The van der Waals surface area contributed by atoms with Gasteiger partial charge in [-0.25, -0.2) is 9.78 Å². The third kappa shape index (κ3) is 1.68. The van der Waals surface area contributed by atoms with Gasteiger partial charge in [0.1, 0.15) is 5.60 Å². The zero-order chi connectivity index (χ0) is 16.5. The van der Waals surface area contributed by atoms with Gasteiger partial charge >= 0.3 is 0 Å². The van der Waals surface area contributed by atoms with Crippen molar-refractivity contribution in [1.82, 2.24) is 0 Å². The van der Waals surface area contributed by atoms with Crippen molar-refractivity contribution in [3.05, 3.63) is 71.8 Å². The highest BCUT2D eigenvalue weighted by molar-refractivity contribution is 5.44. The van der Waals surface area contributed by atoms with Gasteiger partial charge in [0.05, 0.1) is 0 Å². The Kier molecular flexibility index (Phi) is 2.88. The van der Waals surface area contributed by atoms with E-state index in [1.54, 1.807) is 0 Å². The molecule has 4 saturated carbocycles. The molecular formula is C23H24O2. The highest BCUT2D eigenvalue weighted by Crippen LogP contribution is 2.70. The van der Waals surface area contributed by atoms with Crippen LogP contribution in [-0.2, 0) is 15.4 Å². The fourth-order valence-electron chi connectivity index (χ4n) is 6.88. The van der Waals surface area contributed by atoms with E-state index in [0.29, 0.717) is 11.8 Å². The molecule has 0 radical (unpaired) electrons. The summed E-state index contributed by atoms with van der Waals surface area (Å²) in [5.74, 6) is 3.08. The van der Waals surface area contributed by atoms with Crippen molar-refractivity contribution in [2.75, 3.05) is 0 Å². The molecule has 2 aromatic carbocycles. The molecule has 0 unspecified atom stereocenters. The van der Waals surface area contributed by atoms with Gasteiger partial charge in [-0.1, -0.05) is 60.7 Å². The molecule has 0 N–H and O–H groups in total. The summed E-state index contributed by atoms with van der Waals surface area (Å²) in [5.41, 5.74) is 1.88. The lowest BCUT2D eigenvalue weighted by Gasteiger charge is -2.70. The number of hydrogen-bond donors (Lipinski definition) is 0. The first-order valence-corrected chi connectivity index (χ1v) is 9.81. The molecule has 25 heavy (non-hydrogen) atoms. The summed E-state index contributed by atoms with van der Waals surface area (Å²) in [6.07, 6.45) is 6.72. The van der Waals surface area contributed by atoms with E-state index in [2.05, 4.69) is 60.7 Å². The summed E-state index contributed by atoms with van der Waals surface area (Å²) in [5, 5.41) is 0. The standard InChI is InChI=1S/C23H24O2/c1-3-7-18(8-4-1)22(19-9-5-2-6-10-19)23(25-24-22)20-12-16-11-17(14-20)15-21(23)13-16/h1-10,16-17,20-21H,11-15H2. The minimum absolute atomic E-state index is 0.177. The maximum Gasteiger partial charge on any atom is 0.186 e. The molecule has 1 saturated heterocycles. The van der Waals surface area contributed by atoms with Crippen LogP contribution in [0.25, 0.3) is 0 Å². The van der Waals surface area contributed by atoms with Crippen LogP contribution in [-0.4, -0.2) is 5.60 Å². The van der Waals surface area contributed by atoms with Gasteiger partial charge in [0.15, 0.2) is 5.60 Å². The number of benzene rings is 2. The lowest BCUT2D eigenvalue weighted by Crippen LogP contribution is -2.76. The zero-order valence-electron chi connectivity index (χ0n) is 14.4. The first-order chi connectivity index (χ1) is 12.3. The molecule has 7 rings (SSSR count). The Bertz CT molecular complexity index is 715. The molecular weight excluding hydrogens is 308 g/mol. The SMILES string of the molecule is c1ccc(C2(c3ccccc3)OOC23C2CC4CC(C2)CC3C4)cc1. The van der Waals surface area contributed by atoms with Gasteiger partial charge in [0, 0.05) is 0 Å². The molecule has 0 atom stereocenters. The minimum atomic E-state index is -0.446. The van der Waals surface area contributed by atoms with Gasteiger partial charge in [-0.05, 0) is 66.9 Å². The molecule has 1 aliphatic heterocycles. The molecule has 2 nitrogen and oxygen atoms in total. The molecule has 0 aromatic heterocycles. The predicted molar refractivity (Wildman–Crippen MR) is 95.6 cm³/mol. The third-order valence-corrected chi connectivity index (χ3v) is 7.57. The largest absolute Gasteiger partial charge is 0.224 e. The van der Waals surface area contributed by atoms with Crippen LogP contribution in [0.4, 0.5) is 0 Å². The first kappa shape index (κ1) is 14.5. The maximum absolute atomic E-state index is 6.22. The Labute approximate surface area is 149 Å². The third-order valence-electron chi connectivity index (χ3n) is 7.57. The predicted octanol–water partition coefficient (Wildman–Crippen LogP) is 5.09. The van der Waals surface area contributed by atoms with E-state index in [1.165, 1.54) is 43.2 Å². The van der Waals surface area contributed by atoms with Crippen molar-refractivity contribution >= 4 is 0 Å². The molecule has 5 aliphatic rings. The van der Waals surface area contributed by atoms with Gasteiger partial charge in [0.2, 0.25) is 0 Å². The van der Waals surface area contributed by atoms with Crippen LogP contribution < -0.4 is 0 Å². The average Bonchev–Trinajstić information content (AvgIpc) is 2.63. The highest BCUT2D eigenvalue weighted by Gasteiger charge is 2.75. The molecule has 5 fully saturated rings. The van der Waals surface area contributed by atoms with Crippen molar-refractivity contribution in [2.45, 2.75) is 43.3 Å². The Balaban J connectivity index is 1.57. The topological polar surface area (TPSA) is 18.5 Å². The minimum Gasteiger partial charge on any atom is -0.224 e. The van der Waals surface area contributed by atoms with Crippen molar-refractivity contribution in [3.8, 4) is 0 Å². The van der Waals surface area contributed by atoms with Crippen LogP contribution in [0.1, 0.15) is 43.2 Å². The smallest absolute Gasteiger partial charge is 0.186 e. The van der Waals surface area contributed by atoms with E-state index in [9.17, 15) is 0 Å². The van der Waals surface area contributed by atoms with Crippen LogP contribution in [0.2, 0.25) is 0 Å². The van der Waals surface area contributed by atoms with Crippen LogP contribution in [0.15, 0.2) is 60.7 Å². The van der Waals surface area contributed by atoms with Gasteiger partial charge in [0.25, 0.3) is 0 Å². The quantitative estimate of drug-likeness (QED) is 0.713. The van der Waals surface area contributed by atoms with Gasteiger partial charge in [-0.15, -0.1) is 0 Å². The van der Waals surface area contributed by atoms with Gasteiger partial charge in [-0.3, -0.25) is 0 Å². The number of hydrogen-bond acceptors (Lipinski definition) is 2. The summed E-state index contributed by atoms with van der Waals surface area (Å²) in [6.45, 7) is 0. The average molecular weight is 332 g/mol. The van der Waals surface area contributed by atoms with E-state index >= 15 is 0 Å². The Morgan fingerprint density at radius 3 is 1.48 bits per heavy atom. The second-order valence-corrected chi connectivity index (χ2v) is 8.68. The molecule has 4 aliphatic carbocycles. The molecule has 1 spiro atoms. The lowest BCUT2D eigenvalue weighted by molar-refractivity contribution is -0.583. The molecule has 0 amide bonds. The molecule has 2 heteroatoms. The van der Waals surface area contributed by atoms with E-state index < -0.39 is 5.60 Å². The van der Waals surface area contributed by atoms with Crippen molar-refractivity contribution in [3.63, 3.8) is 0 Å². The monoisotopic (exact) mass is 332 g/mol. The highest BCUT2D eigenvalue weighted by atomic mass is 17.3. The maximum atomic E-state index is 6.22. The summed E-state index contributed by atoms with van der Waals surface area (Å²) >= 11 is 0. The molecule has 128 valence electrons. The van der Waals surface area contributed by atoms with E-state index in [4.69, 9.17) is 9.78 Å². The van der Waals surface area contributed by atoms with Crippen LogP contribution in [0.3, 0.4) is 0 Å². The molecule has 2 aromatic rings. The first-order valence-electron chi connectivity index (χ1n) is 9.81. The van der Waals surface area contributed by atoms with E-state index in [-0.39, 0.29) is 5.60 Å². The second-order valence-electron chi connectivity index (χ2n) is 8.68. The Morgan fingerprint density at radius 1 is 0.600 bits per heavy atom. The summed E-state index contributed by atoms with van der Waals surface area (Å²) in [7, 11) is 0. The van der Waals surface area contributed by atoms with Crippen molar-refractivity contribution < 1.29 is 9.78 Å². The normalized spacial score (nSPS) is 40.2. The summed E-state index contributed by atoms with van der Waals surface area (Å²) in [4.78, 5) is 12.4. The molecule has 1 heterocycles. The lowest BCUT2D eigenvalue weighted by atomic mass is 9.44. The fraction of sp³-hybridized carbons (Fsp3) is 0.478. The summed E-state index contributed by atoms with van der Waals surface area (Å²) in [6, 6.07) is 21.6. The summed E-state index contributed by atoms with van der Waals surface area (Å²) < 4.78 is 0. The number of rotatable bonds is 2. The van der Waals surface area contributed by atoms with Gasteiger partial charge < -0.3 is 0 Å². The Morgan fingerprint density at radius 2 is 1.08 bits per heavy atom. The Hall–Kier alpha value is -1.64. The fourth-order valence-corrected chi connectivity index (χ4v) is 6.88. The van der Waals surface area contributed by atoms with Crippen LogP contribution in [0, 0.1) is 23.7 Å². The van der Waals surface area contributed by atoms with Gasteiger partial charge in [-0.2, -0.15) is 0 Å². The zero-order valence-corrected chi connectivity index (χ0v) is 14.4. The van der Waals surface area contributed by atoms with E-state index in [0.717, 1.165) is 11.8 Å². The van der Waals surface area contributed by atoms with Crippen LogP contribution >= 0.6 is 0 Å². The molecule has 4 bridgehead atoms. The van der Waals surface area contributed by atoms with Crippen molar-refractivity contribution in [1.29, 1.82) is 0 Å². The van der Waals surface area contributed by atoms with E-state index in [1.807, 2.05) is 0 Å². The van der Waals surface area contributed by atoms with Crippen LogP contribution in [0.5, 0.6) is 0 Å². The second kappa shape index (κ2) is 4.96. The van der Waals surface area contributed by atoms with Crippen molar-refractivity contribution in [2.24, 2.45) is 23.7 Å².